The highest BCUT2D eigenvalue weighted by Crippen LogP contribution is 2.35. The largest absolute Gasteiger partial charge is 0.478 e. The molecule has 1 N–H and O–H groups in total. The number of nitrogens with zero attached hydrogens (tertiary/aromatic N) is 3. The van der Waals surface area contributed by atoms with Gasteiger partial charge in [-0.15, -0.1) is 17.8 Å². The molecular formula is C20H13N3O2S. The van der Waals surface area contributed by atoms with Gasteiger partial charge in [-0.25, -0.2) is 14.3 Å². The SMILES string of the molecule is C#Cc1ccsc1-c1nc2ccnn2cc1C(=O)O.Cc1cc2cc-2c1. The van der Waals surface area contributed by atoms with Gasteiger partial charge >= 0.3 is 5.97 Å². The molecule has 0 aliphatic heterocycles. The lowest BCUT2D eigenvalue weighted by atomic mass is 10.1. The van der Waals surface area contributed by atoms with Gasteiger partial charge in [0.2, 0.25) is 0 Å². The Hall–Kier alpha value is -3.43. The number of thiophene rings is 1. The zero-order chi connectivity index (χ0) is 18.3. The molecule has 3 aromatic rings. The molecule has 0 radical (unpaired) electrons. The number of fused-ring (bicyclic) bond motifs is 2. The molecule has 0 saturated carbocycles. The van der Waals surface area contributed by atoms with Crippen LogP contribution >= 0.6 is 11.3 Å². The first-order chi connectivity index (χ1) is 12.6. The molecule has 0 unspecified atom stereocenters. The second-order valence-corrected chi connectivity index (χ2v) is 6.75. The minimum atomic E-state index is -1.06. The van der Waals surface area contributed by atoms with Gasteiger partial charge in [0.25, 0.3) is 0 Å². The number of hydrogen-bond acceptors (Lipinski definition) is 4. The van der Waals surface area contributed by atoms with Crippen molar-refractivity contribution in [2.45, 2.75) is 6.92 Å². The van der Waals surface area contributed by atoms with Crippen molar-refractivity contribution in [2.75, 3.05) is 0 Å². The van der Waals surface area contributed by atoms with Crippen LogP contribution in [0.5, 0.6) is 0 Å². The third kappa shape index (κ3) is 2.85. The van der Waals surface area contributed by atoms with Crippen LogP contribution in [0.15, 0.2) is 48.1 Å². The van der Waals surface area contributed by atoms with E-state index in [-0.39, 0.29) is 5.56 Å². The van der Waals surface area contributed by atoms with Crippen LogP contribution in [0.3, 0.4) is 0 Å². The molecule has 0 saturated heterocycles. The number of aromatic carboxylic acids is 1. The molecule has 26 heavy (non-hydrogen) atoms. The van der Waals surface area contributed by atoms with Crippen LogP contribution in [-0.2, 0) is 0 Å². The third-order valence-corrected chi connectivity index (χ3v) is 4.90. The summed E-state index contributed by atoms with van der Waals surface area (Å²) in [4.78, 5) is 16.4. The number of hydrogen-bond donors (Lipinski definition) is 1. The van der Waals surface area contributed by atoms with E-state index in [0.717, 1.165) is 0 Å². The van der Waals surface area contributed by atoms with E-state index in [1.54, 1.807) is 18.3 Å². The van der Waals surface area contributed by atoms with Crippen LogP contribution < -0.4 is 0 Å². The number of carbonyl (C=O) groups is 1. The fourth-order valence-electron chi connectivity index (χ4n) is 2.70. The summed E-state index contributed by atoms with van der Waals surface area (Å²) in [5.41, 5.74) is 5.96. The van der Waals surface area contributed by atoms with Crippen LogP contribution in [0.1, 0.15) is 21.5 Å². The maximum Gasteiger partial charge on any atom is 0.339 e. The van der Waals surface area contributed by atoms with Crippen molar-refractivity contribution in [3.8, 4) is 34.0 Å². The summed E-state index contributed by atoms with van der Waals surface area (Å²) in [5, 5.41) is 15.1. The molecule has 6 heteroatoms. The molecule has 0 aromatic carbocycles. The molecule has 3 heterocycles. The summed E-state index contributed by atoms with van der Waals surface area (Å²) < 4.78 is 1.43. The number of terminal acetylenes is 1. The highest BCUT2D eigenvalue weighted by Gasteiger charge is 2.18. The summed E-state index contributed by atoms with van der Waals surface area (Å²) in [5.74, 6) is 1.48. The van der Waals surface area contributed by atoms with Crippen molar-refractivity contribution >= 4 is 23.0 Å². The average Bonchev–Trinajstić information content (AvgIpc) is 3.06. The summed E-state index contributed by atoms with van der Waals surface area (Å²) >= 11 is 1.37. The molecular weight excluding hydrogens is 346 g/mol. The van der Waals surface area contributed by atoms with Crippen LogP contribution in [0.2, 0.25) is 0 Å². The van der Waals surface area contributed by atoms with Crippen molar-refractivity contribution in [1.82, 2.24) is 14.6 Å². The van der Waals surface area contributed by atoms with Crippen molar-refractivity contribution in [2.24, 2.45) is 0 Å². The van der Waals surface area contributed by atoms with Crippen molar-refractivity contribution in [1.29, 1.82) is 0 Å². The molecule has 5 rings (SSSR count). The fraction of sp³-hybridized carbons (Fsp3) is 0.0500. The Morgan fingerprint density at radius 1 is 1.27 bits per heavy atom. The van der Waals surface area contributed by atoms with Gasteiger partial charge in [-0.05, 0) is 41.1 Å². The van der Waals surface area contributed by atoms with Gasteiger partial charge in [-0.3, -0.25) is 0 Å². The predicted octanol–water partition coefficient (Wildman–Crippen LogP) is 4.11. The zero-order valence-corrected chi connectivity index (χ0v) is 14.6. The minimum Gasteiger partial charge on any atom is -0.478 e. The number of rotatable bonds is 2. The van der Waals surface area contributed by atoms with Gasteiger partial charge in [0, 0.05) is 17.8 Å². The Morgan fingerprint density at radius 3 is 2.65 bits per heavy atom. The molecule has 0 atom stereocenters. The molecule has 2 aliphatic carbocycles. The molecule has 5 nitrogen and oxygen atoms in total. The molecule has 0 amide bonds. The van der Waals surface area contributed by atoms with Crippen molar-refractivity contribution in [3.63, 3.8) is 0 Å². The van der Waals surface area contributed by atoms with E-state index in [2.05, 4.69) is 41.1 Å². The summed E-state index contributed by atoms with van der Waals surface area (Å²) in [7, 11) is 0. The van der Waals surface area contributed by atoms with Gasteiger partial charge < -0.3 is 5.11 Å². The quantitative estimate of drug-likeness (QED) is 0.482. The molecule has 2 aliphatic rings. The predicted molar refractivity (Wildman–Crippen MR) is 101 cm³/mol. The Balaban J connectivity index is 0.000000198. The van der Waals surface area contributed by atoms with Gasteiger partial charge in [-0.2, -0.15) is 5.10 Å². The Bertz CT molecular complexity index is 1180. The van der Waals surface area contributed by atoms with Gasteiger partial charge in [-0.1, -0.05) is 18.1 Å². The first kappa shape index (κ1) is 16.1. The van der Waals surface area contributed by atoms with E-state index in [1.807, 2.05) is 5.38 Å². The molecule has 0 spiro atoms. The minimum absolute atomic E-state index is 0.0788. The highest BCUT2D eigenvalue weighted by atomic mass is 32.1. The van der Waals surface area contributed by atoms with Crippen molar-refractivity contribution in [3.05, 3.63) is 64.8 Å². The molecule has 126 valence electrons. The third-order valence-electron chi connectivity index (χ3n) is 3.98. The van der Waals surface area contributed by atoms with Crippen LogP contribution in [-0.4, -0.2) is 25.7 Å². The van der Waals surface area contributed by atoms with Crippen LogP contribution in [0, 0.1) is 19.3 Å². The number of aromatic nitrogens is 3. The zero-order valence-electron chi connectivity index (χ0n) is 13.8. The summed E-state index contributed by atoms with van der Waals surface area (Å²) in [6.45, 7) is 2.12. The van der Waals surface area contributed by atoms with Gasteiger partial charge in [0.15, 0.2) is 5.65 Å². The van der Waals surface area contributed by atoms with E-state index in [9.17, 15) is 9.90 Å². The Kier molecular flexibility index (Phi) is 3.79. The maximum atomic E-state index is 11.4. The van der Waals surface area contributed by atoms with Crippen LogP contribution in [0.4, 0.5) is 0 Å². The monoisotopic (exact) mass is 359 g/mol. The topological polar surface area (TPSA) is 67.5 Å². The summed E-state index contributed by atoms with van der Waals surface area (Å²) in [6.07, 6.45) is 8.42. The number of carboxylic acid groups (broad SMARTS) is 1. The molecule has 0 bridgehead atoms. The Morgan fingerprint density at radius 2 is 2.04 bits per heavy atom. The van der Waals surface area contributed by atoms with Gasteiger partial charge in [0.05, 0.1) is 11.1 Å². The smallest absolute Gasteiger partial charge is 0.339 e. The lowest BCUT2D eigenvalue weighted by molar-refractivity contribution is 0.0696. The number of carboxylic acids is 1. The van der Waals surface area contributed by atoms with E-state index < -0.39 is 5.97 Å². The standard InChI is InChI=1S/C13H7N3O2S.C7H6/c1-2-8-4-6-19-12(8)11-9(13(17)18)7-16-10(15-11)3-5-14-16;1-5-2-6-4-7(6)3-5/h1,3-7H,(H,17,18);2-4H,1H3. The normalized spacial score (nSPS) is 10.8. The van der Waals surface area contributed by atoms with E-state index in [1.165, 1.54) is 38.7 Å². The second kappa shape index (κ2) is 6.14. The number of aryl methyl sites for hydroxylation is 1. The van der Waals surface area contributed by atoms with E-state index in [0.29, 0.717) is 21.8 Å². The fourth-order valence-corrected chi connectivity index (χ4v) is 3.56. The van der Waals surface area contributed by atoms with Crippen LogP contribution in [0.25, 0.3) is 27.3 Å². The first-order valence-electron chi connectivity index (χ1n) is 7.81. The second-order valence-electron chi connectivity index (χ2n) is 5.84. The van der Waals surface area contributed by atoms with Crippen molar-refractivity contribution < 1.29 is 9.90 Å². The number of benzene rings is 1. The lowest BCUT2D eigenvalue weighted by Gasteiger charge is -2.05. The average molecular weight is 359 g/mol. The lowest BCUT2D eigenvalue weighted by Crippen LogP contribution is -2.05. The highest BCUT2D eigenvalue weighted by molar-refractivity contribution is 7.13. The maximum absolute atomic E-state index is 11.4. The van der Waals surface area contributed by atoms with Gasteiger partial charge in [0.1, 0.15) is 11.3 Å². The molecule has 0 fully saturated rings. The Labute approximate surface area is 153 Å². The summed E-state index contributed by atoms with van der Waals surface area (Å²) in [6, 6.07) is 10.1. The molecule has 3 aromatic heterocycles. The van der Waals surface area contributed by atoms with E-state index in [4.69, 9.17) is 6.42 Å². The van der Waals surface area contributed by atoms with E-state index >= 15 is 0 Å². The first-order valence-corrected chi connectivity index (χ1v) is 8.69.